The standard InChI is InChI=1S/C25H26N2O6/c1-31-19-8-7-18-20-22(16-5-3-4-6-17(16)23(20)29)27(25(30)21(18)24(19)32-2)14-15(28)13-26-9-11-33-12-10-26/h3-8,15,28H,9-14H2,1-2H3/t15-/m0/s1. The first-order valence-corrected chi connectivity index (χ1v) is 11.0. The fourth-order valence-electron chi connectivity index (χ4n) is 4.90. The van der Waals surface area contributed by atoms with Gasteiger partial charge >= 0.3 is 0 Å². The Morgan fingerprint density at radius 2 is 1.73 bits per heavy atom. The van der Waals surface area contributed by atoms with Crippen molar-refractivity contribution in [1.82, 2.24) is 9.47 Å². The van der Waals surface area contributed by atoms with E-state index >= 15 is 0 Å². The molecule has 1 fully saturated rings. The fraction of sp³-hybridized carbons (Fsp3) is 0.360. The Kier molecular flexibility index (Phi) is 5.65. The van der Waals surface area contributed by atoms with Gasteiger partial charge in [-0.15, -0.1) is 0 Å². The number of fused-ring (bicyclic) bond motifs is 5. The average Bonchev–Trinajstić information content (AvgIpc) is 3.14. The number of carbonyl (C=O) groups is 1. The van der Waals surface area contributed by atoms with Crippen molar-refractivity contribution in [2.75, 3.05) is 47.1 Å². The Hall–Kier alpha value is -3.20. The number of aliphatic hydroxyl groups excluding tert-OH is 1. The molecule has 33 heavy (non-hydrogen) atoms. The molecule has 2 aromatic carbocycles. The zero-order chi connectivity index (χ0) is 23.1. The quantitative estimate of drug-likeness (QED) is 0.480. The number of morpholine rings is 1. The molecule has 0 amide bonds. The number of hydrogen-bond donors (Lipinski definition) is 1. The number of pyridine rings is 1. The minimum atomic E-state index is -0.804. The van der Waals surface area contributed by atoms with Gasteiger partial charge in [-0.2, -0.15) is 0 Å². The van der Waals surface area contributed by atoms with E-state index in [2.05, 4.69) is 4.90 Å². The predicted octanol–water partition coefficient (Wildman–Crippen LogP) is 1.92. The Morgan fingerprint density at radius 3 is 2.42 bits per heavy atom. The van der Waals surface area contributed by atoms with Crippen LogP contribution in [0, 0.1) is 0 Å². The van der Waals surface area contributed by atoms with E-state index in [1.54, 1.807) is 18.2 Å². The van der Waals surface area contributed by atoms with Gasteiger partial charge in [0, 0.05) is 36.1 Å². The van der Waals surface area contributed by atoms with Crippen molar-refractivity contribution in [2.45, 2.75) is 12.6 Å². The summed E-state index contributed by atoms with van der Waals surface area (Å²) in [5.41, 5.74) is 1.91. The Bertz CT molecular complexity index is 1290. The lowest BCUT2D eigenvalue weighted by Crippen LogP contribution is -2.43. The van der Waals surface area contributed by atoms with Crippen LogP contribution in [0.15, 0.2) is 41.2 Å². The number of carbonyl (C=O) groups excluding carboxylic acids is 1. The van der Waals surface area contributed by atoms with E-state index in [4.69, 9.17) is 14.2 Å². The molecule has 1 saturated heterocycles. The Labute approximate surface area is 190 Å². The predicted molar refractivity (Wildman–Crippen MR) is 123 cm³/mol. The van der Waals surface area contributed by atoms with Gasteiger partial charge in [0.05, 0.1) is 56.7 Å². The largest absolute Gasteiger partial charge is 0.493 e. The maximum atomic E-state index is 13.9. The van der Waals surface area contributed by atoms with E-state index in [9.17, 15) is 14.7 Å². The summed E-state index contributed by atoms with van der Waals surface area (Å²) in [5.74, 6) is 0.544. The molecule has 1 N–H and O–H groups in total. The molecule has 3 aromatic rings. The van der Waals surface area contributed by atoms with Crippen molar-refractivity contribution in [1.29, 1.82) is 0 Å². The summed E-state index contributed by atoms with van der Waals surface area (Å²) >= 11 is 0. The molecule has 5 rings (SSSR count). The lowest BCUT2D eigenvalue weighted by Gasteiger charge is -2.29. The summed E-state index contributed by atoms with van der Waals surface area (Å²) in [5, 5.41) is 11.7. The van der Waals surface area contributed by atoms with Gasteiger partial charge in [0.15, 0.2) is 17.3 Å². The van der Waals surface area contributed by atoms with Crippen LogP contribution >= 0.6 is 0 Å². The molecule has 2 aliphatic rings. The van der Waals surface area contributed by atoms with Crippen molar-refractivity contribution in [3.05, 3.63) is 57.9 Å². The molecule has 1 atom stereocenters. The fourth-order valence-corrected chi connectivity index (χ4v) is 4.90. The van der Waals surface area contributed by atoms with E-state index in [1.165, 1.54) is 18.8 Å². The summed E-state index contributed by atoms with van der Waals surface area (Å²) in [7, 11) is 2.97. The lowest BCUT2D eigenvalue weighted by atomic mass is 10.0. The third-order valence-corrected chi connectivity index (χ3v) is 6.40. The van der Waals surface area contributed by atoms with E-state index in [0.717, 1.165) is 13.1 Å². The van der Waals surface area contributed by atoms with Crippen molar-refractivity contribution in [3.8, 4) is 22.8 Å². The van der Waals surface area contributed by atoms with Crippen LogP contribution in [-0.4, -0.2) is 73.5 Å². The summed E-state index contributed by atoms with van der Waals surface area (Å²) in [6, 6.07) is 10.7. The van der Waals surface area contributed by atoms with Crippen molar-refractivity contribution >= 4 is 16.6 Å². The van der Waals surface area contributed by atoms with E-state index in [1.807, 2.05) is 18.2 Å². The van der Waals surface area contributed by atoms with Crippen LogP contribution < -0.4 is 15.0 Å². The molecule has 172 valence electrons. The van der Waals surface area contributed by atoms with Gasteiger partial charge in [0.1, 0.15) is 0 Å². The van der Waals surface area contributed by atoms with Crippen molar-refractivity contribution in [2.24, 2.45) is 0 Å². The van der Waals surface area contributed by atoms with Crippen LogP contribution in [0.4, 0.5) is 0 Å². The van der Waals surface area contributed by atoms with Crippen LogP contribution in [0.2, 0.25) is 0 Å². The first-order valence-electron chi connectivity index (χ1n) is 11.0. The molecule has 8 heteroatoms. The van der Waals surface area contributed by atoms with Gasteiger partial charge in [0.2, 0.25) is 0 Å². The topological polar surface area (TPSA) is 90.2 Å². The molecule has 0 saturated carbocycles. The normalized spacial score (nSPS) is 16.5. The summed E-state index contributed by atoms with van der Waals surface area (Å²) in [6.07, 6.45) is -0.804. The number of methoxy groups -OCH3 is 2. The van der Waals surface area contributed by atoms with Gasteiger partial charge in [-0.1, -0.05) is 24.3 Å². The molecule has 1 aliphatic heterocycles. The second-order valence-corrected chi connectivity index (χ2v) is 8.30. The molecule has 0 unspecified atom stereocenters. The first kappa shape index (κ1) is 21.6. The number of ketones is 1. The highest BCUT2D eigenvalue weighted by Gasteiger charge is 2.34. The molecule has 0 spiro atoms. The van der Waals surface area contributed by atoms with E-state index < -0.39 is 6.10 Å². The van der Waals surface area contributed by atoms with Gasteiger partial charge in [-0.3, -0.25) is 14.5 Å². The van der Waals surface area contributed by atoms with Crippen molar-refractivity contribution < 1.29 is 24.1 Å². The molecule has 2 heterocycles. The SMILES string of the molecule is COc1ccc2c3c(n(C[C@@H](O)CN4CCOCC4)c(=O)c2c1OC)-c1ccccc1C3=O. The van der Waals surface area contributed by atoms with E-state index in [-0.39, 0.29) is 29.0 Å². The van der Waals surface area contributed by atoms with Gasteiger partial charge in [-0.05, 0) is 12.1 Å². The van der Waals surface area contributed by atoms with Crippen molar-refractivity contribution in [3.63, 3.8) is 0 Å². The number of aliphatic hydroxyl groups is 1. The summed E-state index contributed by atoms with van der Waals surface area (Å²) in [4.78, 5) is 29.4. The number of ether oxygens (including phenoxy) is 3. The van der Waals surface area contributed by atoms with Gasteiger partial charge in [-0.25, -0.2) is 0 Å². The second-order valence-electron chi connectivity index (χ2n) is 8.30. The molecule has 1 aliphatic carbocycles. The second kappa shape index (κ2) is 8.62. The van der Waals surface area contributed by atoms with Crippen LogP contribution in [0.3, 0.4) is 0 Å². The number of rotatable bonds is 6. The summed E-state index contributed by atoms with van der Waals surface area (Å²) < 4.78 is 17.9. The maximum Gasteiger partial charge on any atom is 0.262 e. The van der Waals surface area contributed by atoms with Crippen LogP contribution in [0.1, 0.15) is 15.9 Å². The summed E-state index contributed by atoms with van der Waals surface area (Å²) in [6.45, 7) is 3.17. The third kappa shape index (κ3) is 3.51. The first-order chi connectivity index (χ1) is 16.0. The zero-order valence-electron chi connectivity index (χ0n) is 18.7. The van der Waals surface area contributed by atoms with Crippen LogP contribution in [-0.2, 0) is 11.3 Å². The molecule has 8 nitrogen and oxygen atoms in total. The third-order valence-electron chi connectivity index (χ3n) is 6.40. The van der Waals surface area contributed by atoms with Crippen LogP contribution in [0.25, 0.3) is 22.0 Å². The molecular formula is C25H26N2O6. The maximum absolute atomic E-state index is 13.9. The van der Waals surface area contributed by atoms with Gasteiger partial charge < -0.3 is 23.9 Å². The van der Waals surface area contributed by atoms with Crippen LogP contribution in [0.5, 0.6) is 11.5 Å². The number of aromatic nitrogens is 1. The number of hydrogen-bond acceptors (Lipinski definition) is 7. The molecule has 0 radical (unpaired) electrons. The highest BCUT2D eigenvalue weighted by molar-refractivity contribution is 6.27. The molecule has 1 aromatic heterocycles. The molecule has 0 bridgehead atoms. The van der Waals surface area contributed by atoms with E-state index in [0.29, 0.717) is 53.3 Å². The number of nitrogens with zero attached hydrogens (tertiary/aromatic N) is 2. The minimum absolute atomic E-state index is 0.0520. The lowest BCUT2D eigenvalue weighted by molar-refractivity contribution is 0.0114. The number of benzene rings is 2. The Morgan fingerprint density at radius 1 is 1.00 bits per heavy atom. The smallest absolute Gasteiger partial charge is 0.262 e. The average molecular weight is 450 g/mol. The highest BCUT2D eigenvalue weighted by atomic mass is 16.5. The minimum Gasteiger partial charge on any atom is -0.493 e. The highest BCUT2D eigenvalue weighted by Crippen LogP contribution is 2.43. The zero-order valence-corrected chi connectivity index (χ0v) is 18.7. The Balaban J connectivity index is 1.71. The number of β-amino-alcohol motifs (C(OH)–C–C–N with tert-alkyl or cyclic N) is 1. The monoisotopic (exact) mass is 450 g/mol. The van der Waals surface area contributed by atoms with Gasteiger partial charge in [0.25, 0.3) is 5.56 Å². The molecular weight excluding hydrogens is 424 g/mol.